The molecule has 1 aliphatic carbocycles. The second-order valence-electron chi connectivity index (χ2n) is 4.60. The Balaban J connectivity index is 2.28. The van der Waals surface area contributed by atoms with Crippen LogP contribution in [0.5, 0.6) is 0 Å². The zero-order valence-electron chi connectivity index (χ0n) is 10.3. The summed E-state index contributed by atoms with van der Waals surface area (Å²) in [5.41, 5.74) is 0. The van der Waals surface area contributed by atoms with Crippen LogP contribution in [-0.4, -0.2) is 7.11 Å². The van der Waals surface area contributed by atoms with Crippen molar-refractivity contribution in [3.63, 3.8) is 0 Å². The van der Waals surface area contributed by atoms with Crippen LogP contribution >= 0.6 is 0 Å². The summed E-state index contributed by atoms with van der Waals surface area (Å²) in [6, 6.07) is 0. The van der Waals surface area contributed by atoms with Crippen LogP contribution in [0, 0.1) is 0 Å². The van der Waals surface area contributed by atoms with E-state index in [1.54, 1.807) is 0 Å². The van der Waals surface area contributed by atoms with E-state index >= 15 is 0 Å². The third kappa shape index (κ3) is 6.59. The van der Waals surface area contributed by atoms with Gasteiger partial charge in [0.05, 0.1) is 12.9 Å². The molecule has 0 aromatic heterocycles. The Morgan fingerprint density at radius 1 is 0.800 bits per heavy atom. The molecular formula is C14H26O. The molecule has 0 atom stereocenters. The van der Waals surface area contributed by atoms with E-state index in [2.05, 4.69) is 6.08 Å². The van der Waals surface area contributed by atoms with Crippen molar-refractivity contribution < 1.29 is 4.74 Å². The van der Waals surface area contributed by atoms with Crippen molar-refractivity contribution >= 4 is 0 Å². The first kappa shape index (κ1) is 12.6. The van der Waals surface area contributed by atoms with Crippen molar-refractivity contribution in [2.75, 3.05) is 7.11 Å². The minimum Gasteiger partial charge on any atom is -0.501 e. The molecule has 0 aromatic rings. The van der Waals surface area contributed by atoms with Gasteiger partial charge >= 0.3 is 0 Å². The quantitative estimate of drug-likeness (QED) is 0.603. The van der Waals surface area contributed by atoms with Gasteiger partial charge in [-0.1, -0.05) is 44.9 Å². The van der Waals surface area contributed by atoms with Gasteiger partial charge in [-0.25, -0.2) is 0 Å². The number of methoxy groups -OCH3 is 1. The molecule has 1 nitrogen and oxygen atoms in total. The number of ether oxygens (including phenoxy) is 1. The molecule has 0 saturated heterocycles. The van der Waals surface area contributed by atoms with Gasteiger partial charge < -0.3 is 4.74 Å². The third-order valence-electron chi connectivity index (χ3n) is 3.26. The van der Waals surface area contributed by atoms with Gasteiger partial charge in [-0.2, -0.15) is 0 Å². The number of hydrogen-bond donors (Lipinski definition) is 0. The summed E-state index contributed by atoms with van der Waals surface area (Å²) < 4.78 is 5.39. The van der Waals surface area contributed by atoms with Crippen LogP contribution in [0.15, 0.2) is 11.8 Å². The first-order valence-electron chi connectivity index (χ1n) is 6.66. The van der Waals surface area contributed by atoms with Crippen LogP contribution in [0.1, 0.15) is 70.6 Å². The Kier molecular flexibility index (Phi) is 7.41. The zero-order chi connectivity index (χ0) is 10.8. The average Bonchev–Trinajstić information content (AvgIpc) is 2.29. The molecule has 0 spiro atoms. The molecule has 0 aromatic carbocycles. The summed E-state index contributed by atoms with van der Waals surface area (Å²) in [5.74, 6) is 1.22. The van der Waals surface area contributed by atoms with E-state index in [1.807, 2.05) is 7.11 Å². The van der Waals surface area contributed by atoms with E-state index in [-0.39, 0.29) is 0 Å². The molecule has 1 aliphatic rings. The molecular weight excluding hydrogens is 184 g/mol. The summed E-state index contributed by atoms with van der Waals surface area (Å²) in [4.78, 5) is 0. The fourth-order valence-electron chi connectivity index (χ4n) is 2.23. The highest BCUT2D eigenvalue weighted by molar-refractivity contribution is 4.92. The van der Waals surface area contributed by atoms with E-state index in [0.717, 1.165) is 6.42 Å². The first-order valence-corrected chi connectivity index (χ1v) is 6.66. The van der Waals surface area contributed by atoms with Gasteiger partial charge in [0.1, 0.15) is 0 Å². The van der Waals surface area contributed by atoms with Crippen molar-refractivity contribution in [1.29, 1.82) is 0 Å². The number of hydrogen-bond acceptors (Lipinski definition) is 1. The van der Waals surface area contributed by atoms with Gasteiger partial charge in [0.2, 0.25) is 0 Å². The summed E-state index contributed by atoms with van der Waals surface area (Å²) in [6.45, 7) is 0. The normalized spacial score (nSPS) is 25.3. The van der Waals surface area contributed by atoms with Crippen LogP contribution in [0.3, 0.4) is 0 Å². The maximum absolute atomic E-state index is 5.39. The molecule has 0 unspecified atom stereocenters. The van der Waals surface area contributed by atoms with Crippen molar-refractivity contribution in [1.82, 2.24) is 0 Å². The standard InChI is InChI=1S/C14H26O/c1-15-14-12-10-8-6-4-2-3-5-7-9-11-13-14/h12H,2-11,13H2,1H3/b14-12+. The van der Waals surface area contributed by atoms with Gasteiger partial charge in [0.25, 0.3) is 0 Å². The fourth-order valence-corrected chi connectivity index (χ4v) is 2.23. The van der Waals surface area contributed by atoms with Gasteiger partial charge in [0, 0.05) is 6.42 Å². The molecule has 0 amide bonds. The summed E-state index contributed by atoms with van der Waals surface area (Å²) in [5, 5.41) is 0. The molecule has 0 saturated carbocycles. The molecule has 0 N–H and O–H groups in total. The lowest BCUT2D eigenvalue weighted by atomic mass is 10.1. The van der Waals surface area contributed by atoms with E-state index in [0.29, 0.717) is 0 Å². The maximum atomic E-state index is 5.39. The Labute approximate surface area is 94.9 Å². The fraction of sp³-hybridized carbons (Fsp3) is 0.857. The second kappa shape index (κ2) is 8.82. The van der Waals surface area contributed by atoms with Crippen molar-refractivity contribution in [3.05, 3.63) is 11.8 Å². The Bertz CT molecular complexity index is 172. The zero-order valence-corrected chi connectivity index (χ0v) is 10.3. The van der Waals surface area contributed by atoms with E-state index in [9.17, 15) is 0 Å². The van der Waals surface area contributed by atoms with Gasteiger partial charge in [0.15, 0.2) is 0 Å². The number of allylic oxidation sites excluding steroid dienone is 2. The van der Waals surface area contributed by atoms with Gasteiger partial charge in [-0.15, -0.1) is 0 Å². The first-order chi connectivity index (χ1) is 7.43. The minimum atomic E-state index is 1.15. The molecule has 0 aliphatic heterocycles. The topological polar surface area (TPSA) is 9.23 Å². The predicted molar refractivity (Wildman–Crippen MR) is 65.9 cm³/mol. The van der Waals surface area contributed by atoms with Crippen LogP contribution in [-0.2, 0) is 4.74 Å². The Morgan fingerprint density at radius 2 is 1.33 bits per heavy atom. The van der Waals surface area contributed by atoms with E-state index in [1.165, 1.54) is 70.0 Å². The van der Waals surface area contributed by atoms with Gasteiger partial charge in [-0.05, 0) is 25.3 Å². The molecule has 0 bridgehead atoms. The molecule has 0 radical (unpaired) electrons. The smallest absolute Gasteiger partial charge is 0.0915 e. The highest BCUT2D eigenvalue weighted by atomic mass is 16.5. The second-order valence-corrected chi connectivity index (χ2v) is 4.60. The maximum Gasteiger partial charge on any atom is 0.0915 e. The molecule has 88 valence electrons. The Hall–Kier alpha value is -0.460. The largest absolute Gasteiger partial charge is 0.501 e. The van der Waals surface area contributed by atoms with Crippen molar-refractivity contribution in [2.45, 2.75) is 70.6 Å². The van der Waals surface area contributed by atoms with Gasteiger partial charge in [-0.3, -0.25) is 0 Å². The molecule has 0 heterocycles. The monoisotopic (exact) mass is 210 g/mol. The van der Waals surface area contributed by atoms with Crippen molar-refractivity contribution in [2.24, 2.45) is 0 Å². The summed E-state index contributed by atoms with van der Waals surface area (Å²) >= 11 is 0. The SMILES string of the molecule is CO/C1=C/CCCCCCCCCCC1. The molecule has 1 rings (SSSR count). The van der Waals surface area contributed by atoms with Crippen molar-refractivity contribution in [3.8, 4) is 0 Å². The van der Waals surface area contributed by atoms with E-state index < -0.39 is 0 Å². The third-order valence-corrected chi connectivity index (χ3v) is 3.26. The predicted octanol–water partition coefficient (Wildman–Crippen LogP) is 4.82. The van der Waals surface area contributed by atoms with E-state index in [4.69, 9.17) is 4.74 Å². The summed E-state index contributed by atoms with van der Waals surface area (Å²) in [7, 11) is 1.81. The van der Waals surface area contributed by atoms with Crippen LogP contribution in [0.4, 0.5) is 0 Å². The lowest BCUT2D eigenvalue weighted by molar-refractivity contribution is 0.272. The molecule has 15 heavy (non-hydrogen) atoms. The average molecular weight is 210 g/mol. The summed E-state index contributed by atoms with van der Waals surface area (Å²) in [6.07, 6.45) is 17.3. The lowest BCUT2D eigenvalue weighted by Gasteiger charge is -2.05. The lowest BCUT2D eigenvalue weighted by Crippen LogP contribution is -1.88. The molecule has 0 fully saturated rings. The highest BCUT2D eigenvalue weighted by Crippen LogP contribution is 2.16. The Morgan fingerprint density at radius 3 is 1.93 bits per heavy atom. The highest BCUT2D eigenvalue weighted by Gasteiger charge is 1.99. The number of rotatable bonds is 1. The van der Waals surface area contributed by atoms with Crippen LogP contribution in [0.25, 0.3) is 0 Å². The minimum absolute atomic E-state index is 1.15. The molecule has 1 heteroatoms. The van der Waals surface area contributed by atoms with Crippen LogP contribution < -0.4 is 0 Å². The van der Waals surface area contributed by atoms with Crippen LogP contribution in [0.2, 0.25) is 0 Å².